The number of hydrogen-bond donors (Lipinski definition) is 2. The average Bonchev–Trinajstić information content (AvgIpc) is 2.83. The first-order valence-corrected chi connectivity index (χ1v) is 5.92. The molecule has 6 heteroatoms. The van der Waals surface area contributed by atoms with E-state index in [1.54, 1.807) is 32.0 Å². The largest absolute Gasteiger partial charge is 0.408 e. The first kappa shape index (κ1) is 13.8. The monoisotopic (exact) mass is 271 g/mol. The van der Waals surface area contributed by atoms with Crippen LogP contribution in [0, 0.1) is 25.7 Å². The summed E-state index contributed by atoms with van der Waals surface area (Å²) in [5, 5.41) is 18.6. The van der Waals surface area contributed by atoms with Crippen molar-refractivity contribution in [1.29, 1.82) is 0 Å². The summed E-state index contributed by atoms with van der Waals surface area (Å²) in [6.07, 6.45) is 0. The Kier molecular flexibility index (Phi) is 4.13. The number of carbonyl (C=O) groups excluding carboxylic acids is 1. The van der Waals surface area contributed by atoms with Crippen molar-refractivity contribution in [2.24, 2.45) is 0 Å². The highest BCUT2D eigenvalue weighted by molar-refractivity contribution is 6.04. The molecule has 20 heavy (non-hydrogen) atoms. The van der Waals surface area contributed by atoms with Crippen molar-refractivity contribution in [1.82, 2.24) is 10.2 Å². The van der Waals surface area contributed by atoms with E-state index in [1.165, 1.54) is 0 Å². The van der Waals surface area contributed by atoms with Crippen LogP contribution in [0.25, 0.3) is 0 Å². The summed E-state index contributed by atoms with van der Waals surface area (Å²) < 4.78 is 5.10. The summed E-state index contributed by atoms with van der Waals surface area (Å²) in [7, 11) is 0. The van der Waals surface area contributed by atoms with Crippen molar-refractivity contribution in [2.75, 3.05) is 11.9 Å². The first-order valence-electron chi connectivity index (χ1n) is 5.92. The van der Waals surface area contributed by atoms with Gasteiger partial charge in [0.05, 0.1) is 0 Å². The molecule has 1 aromatic heterocycles. The fraction of sp³-hybridized carbons (Fsp3) is 0.214. The molecule has 0 bridgehead atoms. The van der Waals surface area contributed by atoms with Crippen LogP contribution in [0.5, 0.6) is 0 Å². The molecule has 0 saturated carbocycles. The molecule has 0 aliphatic carbocycles. The SMILES string of the molecule is Cc1nnc(NC(=O)c2cccc(C#CCO)c2C)o1. The van der Waals surface area contributed by atoms with Crippen molar-refractivity contribution in [3.8, 4) is 11.8 Å². The highest BCUT2D eigenvalue weighted by atomic mass is 16.4. The molecule has 0 saturated heterocycles. The lowest BCUT2D eigenvalue weighted by molar-refractivity contribution is 0.102. The number of nitrogens with zero attached hydrogens (tertiary/aromatic N) is 2. The lowest BCUT2D eigenvalue weighted by Crippen LogP contribution is -2.14. The van der Waals surface area contributed by atoms with Crippen LogP contribution >= 0.6 is 0 Å². The minimum absolute atomic E-state index is 0.0544. The number of aliphatic hydroxyl groups is 1. The maximum atomic E-state index is 12.1. The van der Waals surface area contributed by atoms with Gasteiger partial charge in [0, 0.05) is 18.1 Å². The Labute approximate surface area is 115 Å². The molecule has 0 fully saturated rings. The van der Waals surface area contributed by atoms with Gasteiger partial charge in [-0.2, -0.15) is 0 Å². The quantitative estimate of drug-likeness (QED) is 0.803. The van der Waals surface area contributed by atoms with E-state index in [4.69, 9.17) is 9.52 Å². The van der Waals surface area contributed by atoms with Gasteiger partial charge in [-0.15, -0.1) is 5.10 Å². The number of anilines is 1. The van der Waals surface area contributed by atoms with Gasteiger partial charge < -0.3 is 9.52 Å². The summed E-state index contributed by atoms with van der Waals surface area (Å²) >= 11 is 0. The Hall–Kier alpha value is -2.65. The molecule has 0 radical (unpaired) electrons. The zero-order valence-corrected chi connectivity index (χ0v) is 11.1. The Morgan fingerprint density at radius 2 is 2.20 bits per heavy atom. The van der Waals surface area contributed by atoms with Gasteiger partial charge in [-0.05, 0) is 24.6 Å². The minimum Gasteiger partial charge on any atom is -0.408 e. The van der Waals surface area contributed by atoms with Crippen LogP contribution < -0.4 is 5.32 Å². The van der Waals surface area contributed by atoms with Gasteiger partial charge in [0.2, 0.25) is 5.89 Å². The molecule has 1 aromatic carbocycles. The number of aryl methyl sites for hydroxylation is 1. The third kappa shape index (κ3) is 3.02. The van der Waals surface area contributed by atoms with E-state index in [0.29, 0.717) is 17.0 Å². The molecule has 0 aliphatic rings. The third-order valence-electron chi connectivity index (χ3n) is 2.63. The smallest absolute Gasteiger partial charge is 0.322 e. The van der Waals surface area contributed by atoms with Crippen LogP contribution in [0.2, 0.25) is 0 Å². The van der Waals surface area contributed by atoms with Crippen molar-refractivity contribution >= 4 is 11.9 Å². The molecule has 0 spiro atoms. The van der Waals surface area contributed by atoms with Gasteiger partial charge >= 0.3 is 6.01 Å². The number of hydrogen-bond acceptors (Lipinski definition) is 5. The summed E-state index contributed by atoms with van der Waals surface area (Å²) in [4.78, 5) is 12.1. The van der Waals surface area contributed by atoms with E-state index in [1.807, 2.05) is 0 Å². The van der Waals surface area contributed by atoms with Gasteiger partial charge in [0.1, 0.15) is 6.61 Å². The van der Waals surface area contributed by atoms with E-state index in [9.17, 15) is 4.79 Å². The highest BCUT2D eigenvalue weighted by Crippen LogP contribution is 2.15. The lowest BCUT2D eigenvalue weighted by Gasteiger charge is -2.06. The summed E-state index contributed by atoms with van der Waals surface area (Å²) in [6, 6.07) is 5.24. The van der Waals surface area contributed by atoms with Gasteiger partial charge in [0.25, 0.3) is 5.91 Å². The Bertz CT molecular complexity index is 695. The first-order chi connectivity index (χ1) is 9.61. The number of benzene rings is 1. The van der Waals surface area contributed by atoms with Gasteiger partial charge in [-0.1, -0.05) is 23.0 Å². The third-order valence-corrected chi connectivity index (χ3v) is 2.63. The number of aromatic nitrogens is 2. The van der Waals surface area contributed by atoms with Crippen LogP contribution in [0.3, 0.4) is 0 Å². The molecule has 1 heterocycles. The predicted molar refractivity (Wildman–Crippen MR) is 72.1 cm³/mol. The van der Waals surface area contributed by atoms with Crippen molar-refractivity contribution in [3.63, 3.8) is 0 Å². The minimum atomic E-state index is -0.348. The number of amides is 1. The maximum absolute atomic E-state index is 12.1. The lowest BCUT2D eigenvalue weighted by atomic mass is 10.0. The van der Waals surface area contributed by atoms with Crippen LogP contribution in [0.15, 0.2) is 22.6 Å². The van der Waals surface area contributed by atoms with Gasteiger partial charge in [0.15, 0.2) is 0 Å². The second-order valence-corrected chi connectivity index (χ2v) is 4.02. The molecule has 2 N–H and O–H groups in total. The normalized spacial score (nSPS) is 9.75. The number of nitrogens with one attached hydrogen (secondary N) is 1. The molecule has 0 aliphatic heterocycles. The molecule has 2 rings (SSSR count). The molecule has 0 atom stereocenters. The highest BCUT2D eigenvalue weighted by Gasteiger charge is 2.13. The van der Waals surface area contributed by atoms with Crippen molar-refractivity contribution in [3.05, 3.63) is 40.8 Å². The van der Waals surface area contributed by atoms with Crippen LogP contribution in [-0.2, 0) is 0 Å². The molecular weight excluding hydrogens is 258 g/mol. The van der Waals surface area contributed by atoms with Crippen LogP contribution in [0.4, 0.5) is 6.01 Å². The second kappa shape index (κ2) is 5.99. The van der Waals surface area contributed by atoms with Crippen LogP contribution in [-0.4, -0.2) is 27.8 Å². The van der Waals surface area contributed by atoms with E-state index in [0.717, 1.165) is 5.56 Å². The standard InChI is InChI=1S/C14H13N3O3/c1-9-11(6-4-8-18)5-3-7-12(9)13(19)15-14-17-16-10(2)20-14/h3,5,7,18H,8H2,1-2H3,(H,15,17,19). The Morgan fingerprint density at radius 1 is 1.40 bits per heavy atom. The number of rotatable bonds is 2. The Balaban J connectivity index is 2.26. The van der Waals surface area contributed by atoms with Crippen molar-refractivity contribution < 1.29 is 14.3 Å². The number of aliphatic hydroxyl groups excluding tert-OH is 1. The predicted octanol–water partition coefficient (Wildman–Crippen LogP) is 1.28. The Morgan fingerprint density at radius 3 is 2.85 bits per heavy atom. The topological polar surface area (TPSA) is 88.2 Å². The average molecular weight is 271 g/mol. The van der Waals surface area contributed by atoms with Gasteiger partial charge in [-0.3, -0.25) is 10.1 Å². The zero-order chi connectivity index (χ0) is 14.5. The van der Waals surface area contributed by atoms with E-state index >= 15 is 0 Å². The number of carbonyl (C=O) groups is 1. The maximum Gasteiger partial charge on any atom is 0.322 e. The zero-order valence-electron chi connectivity index (χ0n) is 11.1. The van der Waals surface area contributed by atoms with Gasteiger partial charge in [-0.25, -0.2) is 0 Å². The molecule has 1 amide bonds. The second-order valence-electron chi connectivity index (χ2n) is 4.02. The summed E-state index contributed by atoms with van der Waals surface area (Å²) in [5.41, 5.74) is 1.88. The van der Waals surface area contributed by atoms with E-state index < -0.39 is 0 Å². The molecule has 0 unspecified atom stereocenters. The molecule has 6 nitrogen and oxygen atoms in total. The fourth-order valence-corrected chi connectivity index (χ4v) is 1.66. The summed E-state index contributed by atoms with van der Waals surface area (Å²) in [6.45, 7) is 3.20. The molecule has 102 valence electrons. The summed E-state index contributed by atoms with van der Waals surface area (Å²) in [5.74, 6) is 5.38. The van der Waals surface area contributed by atoms with Crippen molar-refractivity contribution in [2.45, 2.75) is 13.8 Å². The fourth-order valence-electron chi connectivity index (χ4n) is 1.66. The molecular formula is C14H13N3O3. The van der Waals surface area contributed by atoms with E-state index in [-0.39, 0.29) is 18.5 Å². The molecule has 2 aromatic rings. The van der Waals surface area contributed by atoms with Crippen LogP contribution in [0.1, 0.15) is 27.4 Å². The van der Waals surface area contributed by atoms with E-state index in [2.05, 4.69) is 27.4 Å².